The zero-order valence-corrected chi connectivity index (χ0v) is 18.6. The van der Waals surface area contributed by atoms with Gasteiger partial charge in [-0.1, -0.05) is 0 Å². The molecule has 1 amide bonds. The van der Waals surface area contributed by atoms with Crippen molar-refractivity contribution in [2.24, 2.45) is 0 Å². The highest BCUT2D eigenvalue weighted by atomic mass is 16.2. The van der Waals surface area contributed by atoms with E-state index >= 15 is 0 Å². The number of carbonyl (C=O) groups excluding carboxylic acids is 1. The zero-order chi connectivity index (χ0) is 21.7. The maximum absolute atomic E-state index is 13.5. The van der Waals surface area contributed by atoms with Crippen LogP contribution in [0.25, 0.3) is 16.7 Å². The number of carbonyl (C=O) groups is 1. The highest BCUT2D eigenvalue weighted by Crippen LogP contribution is 2.38. The molecule has 31 heavy (non-hydrogen) atoms. The monoisotopic (exact) mass is 418 g/mol. The van der Waals surface area contributed by atoms with E-state index in [0.717, 1.165) is 78.9 Å². The molecule has 162 valence electrons. The maximum atomic E-state index is 13.5. The second-order valence-electron chi connectivity index (χ2n) is 9.06. The zero-order valence-electron chi connectivity index (χ0n) is 18.6. The third-order valence-electron chi connectivity index (χ3n) is 6.95. The fourth-order valence-corrected chi connectivity index (χ4v) is 5.11. The van der Waals surface area contributed by atoms with E-state index < -0.39 is 0 Å². The van der Waals surface area contributed by atoms with Crippen LogP contribution < -0.4 is 5.73 Å². The summed E-state index contributed by atoms with van der Waals surface area (Å²) in [6.45, 7) is 7.83. The fourth-order valence-electron chi connectivity index (χ4n) is 5.11. The van der Waals surface area contributed by atoms with E-state index in [1.54, 1.807) is 0 Å². The van der Waals surface area contributed by atoms with E-state index in [1.807, 2.05) is 18.0 Å². The Hall–Kier alpha value is -2.93. The van der Waals surface area contributed by atoms with Gasteiger partial charge in [-0.25, -0.2) is 9.97 Å². The highest BCUT2D eigenvalue weighted by molar-refractivity contribution is 6.03. The lowest BCUT2D eigenvalue weighted by atomic mass is 9.83. The summed E-state index contributed by atoms with van der Waals surface area (Å²) < 4.78 is 2.09. The van der Waals surface area contributed by atoms with Gasteiger partial charge >= 0.3 is 0 Å². The van der Waals surface area contributed by atoms with Crippen LogP contribution in [0.15, 0.2) is 24.7 Å². The number of nitrogen functional groups attached to an aromatic ring is 1. The average molecular weight is 419 g/mol. The van der Waals surface area contributed by atoms with Crippen molar-refractivity contribution >= 4 is 22.6 Å². The quantitative estimate of drug-likeness (QED) is 0.706. The van der Waals surface area contributed by atoms with Crippen LogP contribution in [0.5, 0.6) is 0 Å². The minimum atomic E-state index is 0.184. The summed E-state index contributed by atoms with van der Waals surface area (Å²) in [5, 5.41) is 1.14. The van der Waals surface area contributed by atoms with Crippen molar-refractivity contribution in [3.63, 3.8) is 0 Å². The minimum absolute atomic E-state index is 0.184. The number of piperidine rings is 1. The van der Waals surface area contributed by atoms with Crippen LogP contribution in [0.3, 0.4) is 0 Å². The Balaban J connectivity index is 1.74. The number of hydrogen-bond donors (Lipinski definition) is 1. The number of likely N-dealkylation sites (N-methyl/N-ethyl adjacent to an activating group) is 1. The maximum Gasteiger partial charge on any atom is 0.254 e. The number of fused-ring (bicyclic) bond motifs is 1. The molecule has 2 fully saturated rings. The Morgan fingerprint density at radius 1 is 1.16 bits per heavy atom. The van der Waals surface area contributed by atoms with Gasteiger partial charge in [0.05, 0.1) is 5.52 Å². The number of amides is 1. The number of hydrogen-bond acceptors (Lipinski definition) is 5. The van der Waals surface area contributed by atoms with E-state index in [2.05, 4.69) is 45.5 Å². The molecule has 1 aromatic carbocycles. The van der Waals surface area contributed by atoms with E-state index in [4.69, 9.17) is 5.73 Å². The third kappa shape index (κ3) is 3.28. The van der Waals surface area contributed by atoms with Crippen LogP contribution in [-0.4, -0.2) is 63.5 Å². The number of likely N-dealkylation sites (tertiary alicyclic amines) is 2. The average Bonchev–Trinajstić information content (AvgIpc) is 3.10. The van der Waals surface area contributed by atoms with E-state index in [0.29, 0.717) is 11.7 Å². The van der Waals surface area contributed by atoms with Gasteiger partial charge < -0.3 is 20.1 Å². The molecule has 2 aliphatic rings. The van der Waals surface area contributed by atoms with Crippen molar-refractivity contribution in [3.8, 4) is 5.82 Å². The predicted molar refractivity (Wildman–Crippen MR) is 123 cm³/mol. The standard InChI is InChI=1S/C24H30N6O/c1-15-12-19-18(7-11-30(19)23-16(2)22(25)26-14-27-23)21(17-6-4-8-28(3)13-17)20(15)24(31)29-9-5-10-29/h7,11-12,14,17H,4-6,8-10,13H2,1-3H3,(H2,25,26,27). The normalized spacial score (nSPS) is 19.6. The number of aromatic nitrogens is 3. The SMILES string of the molecule is Cc1cc2c(ccn2-c2ncnc(N)c2C)c(C2CCCN(C)C2)c1C(=O)N1CCC1. The molecule has 0 radical (unpaired) electrons. The largest absolute Gasteiger partial charge is 0.383 e. The number of rotatable bonds is 3. The van der Waals surface area contributed by atoms with Crippen LogP contribution in [0.2, 0.25) is 0 Å². The highest BCUT2D eigenvalue weighted by Gasteiger charge is 2.31. The summed E-state index contributed by atoms with van der Waals surface area (Å²) in [5.41, 5.74) is 11.1. The van der Waals surface area contributed by atoms with Gasteiger partial charge in [-0.15, -0.1) is 0 Å². The molecule has 7 nitrogen and oxygen atoms in total. The first-order valence-electron chi connectivity index (χ1n) is 11.2. The first-order valence-corrected chi connectivity index (χ1v) is 11.2. The van der Waals surface area contributed by atoms with Crippen molar-refractivity contribution in [3.05, 3.63) is 46.9 Å². The minimum Gasteiger partial charge on any atom is -0.383 e. The summed E-state index contributed by atoms with van der Waals surface area (Å²) in [5.74, 6) is 1.80. The molecule has 2 N–H and O–H groups in total. The molecule has 3 aromatic rings. The summed E-state index contributed by atoms with van der Waals surface area (Å²) in [6.07, 6.45) is 6.91. The van der Waals surface area contributed by atoms with Gasteiger partial charge in [0.25, 0.3) is 5.91 Å². The molecule has 1 unspecified atom stereocenters. The number of benzene rings is 1. The Labute approximate surface area is 182 Å². The Morgan fingerprint density at radius 3 is 2.68 bits per heavy atom. The third-order valence-corrected chi connectivity index (χ3v) is 6.95. The lowest BCUT2D eigenvalue weighted by Gasteiger charge is -2.35. The van der Waals surface area contributed by atoms with Gasteiger partial charge in [0.15, 0.2) is 0 Å². The molecular formula is C24H30N6O. The van der Waals surface area contributed by atoms with Crippen molar-refractivity contribution in [2.75, 3.05) is 39.0 Å². The molecule has 5 rings (SSSR count). The van der Waals surface area contributed by atoms with Gasteiger partial charge in [0, 0.05) is 42.3 Å². The van der Waals surface area contributed by atoms with Crippen LogP contribution in [0, 0.1) is 13.8 Å². The molecule has 0 aliphatic carbocycles. The molecule has 4 heterocycles. The molecule has 0 bridgehead atoms. The van der Waals surface area contributed by atoms with Gasteiger partial charge in [-0.3, -0.25) is 4.79 Å². The molecular weight excluding hydrogens is 388 g/mol. The van der Waals surface area contributed by atoms with E-state index in [-0.39, 0.29) is 5.91 Å². The van der Waals surface area contributed by atoms with Crippen molar-refractivity contribution < 1.29 is 4.79 Å². The number of aryl methyl sites for hydroxylation is 1. The molecule has 1 atom stereocenters. The van der Waals surface area contributed by atoms with Gasteiger partial charge in [0.1, 0.15) is 18.0 Å². The summed E-state index contributed by atoms with van der Waals surface area (Å²) in [6, 6.07) is 4.28. The smallest absolute Gasteiger partial charge is 0.254 e. The van der Waals surface area contributed by atoms with Crippen LogP contribution in [-0.2, 0) is 0 Å². The Kier molecular flexibility index (Phi) is 4.93. The van der Waals surface area contributed by atoms with Crippen molar-refractivity contribution in [1.82, 2.24) is 24.3 Å². The van der Waals surface area contributed by atoms with Crippen LogP contribution in [0.1, 0.15) is 52.2 Å². The fraction of sp³-hybridized carbons (Fsp3) is 0.458. The Bertz CT molecular complexity index is 1160. The molecule has 0 spiro atoms. The molecule has 2 aromatic heterocycles. The number of anilines is 1. The van der Waals surface area contributed by atoms with E-state index in [9.17, 15) is 4.79 Å². The van der Waals surface area contributed by atoms with Gasteiger partial charge in [-0.2, -0.15) is 0 Å². The number of nitrogens with two attached hydrogens (primary N) is 1. The first-order chi connectivity index (χ1) is 15.0. The van der Waals surface area contributed by atoms with E-state index in [1.165, 1.54) is 11.9 Å². The Morgan fingerprint density at radius 2 is 1.97 bits per heavy atom. The number of nitrogens with zero attached hydrogens (tertiary/aromatic N) is 5. The van der Waals surface area contributed by atoms with Crippen LogP contribution >= 0.6 is 0 Å². The van der Waals surface area contributed by atoms with Gasteiger partial charge in [0.2, 0.25) is 0 Å². The summed E-state index contributed by atoms with van der Waals surface area (Å²) >= 11 is 0. The molecule has 7 heteroatoms. The first kappa shape index (κ1) is 20.0. The van der Waals surface area contributed by atoms with Crippen LogP contribution in [0.4, 0.5) is 5.82 Å². The lowest BCUT2D eigenvalue weighted by Crippen LogP contribution is -2.43. The second-order valence-corrected chi connectivity index (χ2v) is 9.06. The molecule has 2 aliphatic heterocycles. The summed E-state index contributed by atoms with van der Waals surface area (Å²) in [4.78, 5) is 26.5. The predicted octanol–water partition coefficient (Wildman–Crippen LogP) is 3.27. The summed E-state index contributed by atoms with van der Waals surface area (Å²) in [7, 11) is 2.17. The van der Waals surface area contributed by atoms with Gasteiger partial charge in [-0.05, 0) is 75.9 Å². The second kappa shape index (κ2) is 7.64. The molecule has 2 saturated heterocycles. The van der Waals surface area contributed by atoms with Crippen molar-refractivity contribution in [1.29, 1.82) is 0 Å². The topological polar surface area (TPSA) is 80.3 Å². The molecule has 0 saturated carbocycles. The lowest BCUT2D eigenvalue weighted by molar-refractivity contribution is 0.0649. The van der Waals surface area contributed by atoms with Crippen molar-refractivity contribution in [2.45, 2.75) is 39.0 Å².